The first-order chi connectivity index (χ1) is 13.8. The van der Waals surface area contributed by atoms with Crippen LogP contribution in [-0.4, -0.2) is 40.6 Å². The third kappa shape index (κ3) is 3.15. The molecule has 1 aliphatic heterocycles. The summed E-state index contributed by atoms with van der Waals surface area (Å²) in [7, 11) is 0. The zero-order valence-electron chi connectivity index (χ0n) is 15.7. The molecule has 0 atom stereocenters. The van der Waals surface area contributed by atoms with Gasteiger partial charge in [-0.25, -0.2) is 9.50 Å². The van der Waals surface area contributed by atoms with Crippen LogP contribution in [0.1, 0.15) is 0 Å². The molecule has 1 aliphatic rings. The molecule has 1 fully saturated rings. The van der Waals surface area contributed by atoms with Crippen LogP contribution in [0.3, 0.4) is 0 Å². The normalized spacial score (nSPS) is 14.1. The fourth-order valence-corrected chi connectivity index (χ4v) is 4.07. The molecule has 0 saturated carbocycles. The zero-order chi connectivity index (χ0) is 18.9. The van der Waals surface area contributed by atoms with Crippen molar-refractivity contribution in [1.29, 1.82) is 0 Å². The molecule has 4 aromatic rings. The van der Waals surface area contributed by atoms with Crippen LogP contribution >= 0.6 is 11.8 Å². The number of rotatable bonds is 4. The van der Waals surface area contributed by atoms with E-state index in [4.69, 9.17) is 4.98 Å². The van der Waals surface area contributed by atoms with Gasteiger partial charge in [0.25, 0.3) is 0 Å². The van der Waals surface area contributed by atoms with Crippen molar-refractivity contribution in [3.63, 3.8) is 0 Å². The van der Waals surface area contributed by atoms with Crippen LogP contribution < -0.4 is 10.2 Å². The van der Waals surface area contributed by atoms with Crippen LogP contribution in [0.25, 0.3) is 27.9 Å². The smallest absolute Gasteiger partial charge is 0.162 e. The van der Waals surface area contributed by atoms with Gasteiger partial charge in [-0.1, -0.05) is 24.3 Å². The van der Waals surface area contributed by atoms with E-state index in [0.717, 1.165) is 47.7 Å². The fraction of sp³-hybridized carbons (Fsp3) is 0.182. The first-order valence-electron chi connectivity index (χ1n) is 9.36. The predicted octanol–water partition coefficient (Wildman–Crippen LogP) is 4.15. The third-order valence-corrected chi connectivity index (χ3v) is 5.89. The Labute approximate surface area is 168 Å². The number of fused-ring (bicyclic) bond motifs is 1. The van der Waals surface area contributed by atoms with Gasteiger partial charge in [0.1, 0.15) is 0 Å². The maximum absolute atomic E-state index is 4.72. The van der Waals surface area contributed by atoms with Gasteiger partial charge in [0.15, 0.2) is 5.65 Å². The van der Waals surface area contributed by atoms with Gasteiger partial charge in [-0.2, -0.15) is 5.10 Å². The second kappa shape index (κ2) is 7.30. The average Bonchev–Trinajstić information content (AvgIpc) is 3.43. The number of nitrogens with one attached hydrogen (secondary N) is 1. The van der Waals surface area contributed by atoms with Crippen molar-refractivity contribution in [1.82, 2.24) is 19.9 Å². The third-order valence-electron chi connectivity index (χ3n) is 5.16. The maximum atomic E-state index is 4.72. The van der Waals surface area contributed by atoms with E-state index < -0.39 is 0 Å². The van der Waals surface area contributed by atoms with Crippen molar-refractivity contribution < 1.29 is 0 Å². The summed E-state index contributed by atoms with van der Waals surface area (Å²) < 4.78 is 1.87. The summed E-state index contributed by atoms with van der Waals surface area (Å²) in [5, 5.41) is 7.91. The molecule has 5 nitrogen and oxygen atoms in total. The van der Waals surface area contributed by atoms with Gasteiger partial charge in [-0.15, -0.1) is 11.8 Å². The molecule has 0 unspecified atom stereocenters. The number of hydrogen-bond donors (Lipinski definition) is 1. The number of benzene rings is 2. The van der Waals surface area contributed by atoms with Crippen molar-refractivity contribution in [3.8, 4) is 22.3 Å². The van der Waals surface area contributed by atoms with Gasteiger partial charge in [0, 0.05) is 47.2 Å². The van der Waals surface area contributed by atoms with Gasteiger partial charge in [0.2, 0.25) is 0 Å². The van der Waals surface area contributed by atoms with E-state index >= 15 is 0 Å². The molecule has 28 heavy (non-hydrogen) atoms. The Morgan fingerprint density at radius 2 is 1.89 bits per heavy atom. The van der Waals surface area contributed by atoms with Crippen molar-refractivity contribution >= 4 is 23.1 Å². The monoisotopic (exact) mass is 387 g/mol. The molecule has 0 bridgehead atoms. The molecule has 2 aromatic heterocycles. The predicted molar refractivity (Wildman–Crippen MR) is 116 cm³/mol. The van der Waals surface area contributed by atoms with Crippen LogP contribution in [0.15, 0.2) is 72.0 Å². The lowest BCUT2D eigenvalue weighted by Gasteiger charge is -2.16. The summed E-state index contributed by atoms with van der Waals surface area (Å²) in [5.41, 5.74) is 6.53. The van der Waals surface area contributed by atoms with Gasteiger partial charge in [0.05, 0.1) is 12.9 Å². The highest BCUT2D eigenvalue weighted by molar-refractivity contribution is 7.98. The fourth-order valence-electron chi connectivity index (χ4n) is 3.61. The summed E-state index contributed by atoms with van der Waals surface area (Å²) in [5.74, 6) is 0. The largest absolute Gasteiger partial charge is 0.357 e. The molecule has 140 valence electrons. The van der Waals surface area contributed by atoms with Crippen LogP contribution in [-0.2, 0) is 0 Å². The lowest BCUT2D eigenvalue weighted by Crippen LogP contribution is -2.20. The van der Waals surface area contributed by atoms with Crippen molar-refractivity contribution in [3.05, 3.63) is 67.1 Å². The maximum Gasteiger partial charge on any atom is 0.162 e. The lowest BCUT2D eigenvalue weighted by atomic mass is 10.1. The minimum Gasteiger partial charge on any atom is -0.357 e. The molecule has 0 spiro atoms. The molecule has 0 radical (unpaired) electrons. The second-order valence-electron chi connectivity index (χ2n) is 6.87. The number of thioether (sulfide) groups is 1. The highest BCUT2D eigenvalue weighted by atomic mass is 32.2. The molecule has 6 heteroatoms. The summed E-state index contributed by atoms with van der Waals surface area (Å²) >= 11 is 1.74. The van der Waals surface area contributed by atoms with E-state index in [9.17, 15) is 0 Å². The van der Waals surface area contributed by atoms with Crippen LogP contribution in [0.4, 0.5) is 5.69 Å². The summed E-state index contributed by atoms with van der Waals surface area (Å²) in [4.78, 5) is 8.30. The van der Waals surface area contributed by atoms with E-state index in [0.29, 0.717) is 0 Å². The minimum absolute atomic E-state index is 0.877. The molecular formula is C22H21N5S. The number of anilines is 1. The molecule has 2 aromatic carbocycles. The van der Waals surface area contributed by atoms with Crippen molar-refractivity contribution in [2.75, 3.05) is 30.9 Å². The topological polar surface area (TPSA) is 45.5 Å². The Morgan fingerprint density at radius 3 is 2.68 bits per heavy atom. The van der Waals surface area contributed by atoms with Gasteiger partial charge in [-0.05, 0) is 41.6 Å². The highest BCUT2D eigenvalue weighted by Gasteiger charge is 2.12. The Morgan fingerprint density at radius 1 is 1.00 bits per heavy atom. The molecule has 1 N–H and O–H groups in total. The van der Waals surface area contributed by atoms with E-state index in [1.54, 1.807) is 11.8 Å². The standard InChI is InChI=1S/C22H21N5S/c1-28-20-4-2-3-17(11-20)21-13-25-27-14-18(12-24-22(21)27)16-5-7-19(8-6-16)26-10-9-23-15-26/h2-8,11-14,23H,9-10,15H2,1H3. The second-order valence-corrected chi connectivity index (χ2v) is 7.75. The molecule has 1 saturated heterocycles. The van der Waals surface area contributed by atoms with Crippen LogP contribution in [0.5, 0.6) is 0 Å². The Bertz CT molecular complexity index is 1110. The SMILES string of the molecule is CSc1cccc(-c2cnn3cc(-c4ccc(N5CCNC5)cc4)cnc23)c1. The quantitative estimate of drug-likeness (QED) is 0.533. The van der Waals surface area contributed by atoms with Crippen LogP contribution in [0.2, 0.25) is 0 Å². The first-order valence-corrected chi connectivity index (χ1v) is 10.6. The highest BCUT2D eigenvalue weighted by Crippen LogP contribution is 2.29. The average molecular weight is 388 g/mol. The number of hydrogen-bond acceptors (Lipinski definition) is 5. The van der Waals surface area contributed by atoms with Crippen molar-refractivity contribution in [2.24, 2.45) is 0 Å². The molecular weight excluding hydrogens is 366 g/mol. The Kier molecular flexibility index (Phi) is 4.50. The van der Waals surface area contributed by atoms with E-state index in [1.165, 1.54) is 10.6 Å². The van der Waals surface area contributed by atoms with E-state index in [1.807, 2.05) is 16.9 Å². The molecule has 5 rings (SSSR count). The van der Waals surface area contributed by atoms with E-state index in [-0.39, 0.29) is 0 Å². The lowest BCUT2D eigenvalue weighted by molar-refractivity contribution is 0.855. The van der Waals surface area contributed by atoms with E-state index in [2.05, 4.69) is 76.3 Å². The molecule has 0 amide bonds. The minimum atomic E-state index is 0.877. The molecule has 3 heterocycles. The zero-order valence-corrected chi connectivity index (χ0v) is 16.5. The first kappa shape index (κ1) is 17.3. The van der Waals surface area contributed by atoms with Crippen LogP contribution in [0, 0.1) is 0 Å². The Balaban J connectivity index is 1.47. The molecule has 0 aliphatic carbocycles. The van der Waals surface area contributed by atoms with Gasteiger partial charge >= 0.3 is 0 Å². The Hall–Kier alpha value is -2.83. The summed E-state index contributed by atoms with van der Waals surface area (Å²) in [6.45, 7) is 3.02. The van der Waals surface area contributed by atoms with Gasteiger partial charge < -0.3 is 4.90 Å². The summed E-state index contributed by atoms with van der Waals surface area (Å²) in [6.07, 6.45) is 7.97. The van der Waals surface area contributed by atoms with Crippen molar-refractivity contribution in [2.45, 2.75) is 4.90 Å². The number of aromatic nitrogens is 3. The summed E-state index contributed by atoms with van der Waals surface area (Å²) in [6, 6.07) is 17.2. The van der Waals surface area contributed by atoms with Gasteiger partial charge in [-0.3, -0.25) is 5.32 Å². The number of nitrogens with zero attached hydrogens (tertiary/aromatic N) is 4.